The van der Waals surface area contributed by atoms with Crippen molar-refractivity contribution in [3.63, 3.8) is 0 Å². The number of rotatable bonds is 4. The van der Waals surface area contributed by atoms with Crippen molar-refractivity contribution >= 4 is 27.1 Å². The van der Waals surface area contributed by atoms with Crippen LogP contribution in [0.1, 0.15) is 13.8 Å². The molecule has 1 aromatic rings. The molecule has 1 aromatic heterocycles. The summed E-state index contributed by atoms with van der Waals surface area (Å²) in [4.78, 5) is 11.3. The van der Waals surface area contributed by atoms with E-state index in [1.54, 1.807) is 24.4 Å². The molecule has 0 aliphatic heterocycles. The van der Waals surface area contributed by atoms with Crippen molar-refractivity contribution < 1.29 is 17.9 Å². The highest BCUT2D eigenvalue weighted by Gasteiger charge is 2.33. The third-order valence-corrected chi connectivity index (χ3v) is 6.27. The first kappa shape index (κ1) is 13.2. The molecule has 0 saturated heterocycles. The maximum absolute atomic E-state index is 12.1. The zero-order chi connectivity index (χ0) is 12.3. The van der Waals surface area contributed by atoms with Gasteiger partial charge in [-0.2, -0.15) is 0 Å². The van der Waals surface area contributed by atoms with Crippen molar-refractivity contribution in [2.45, 2.75) is 23.3 Å². The van der Waals surface area contributed by atoms with E-state index in [1.165, 1.54) is 14.0 Å². The van der Waals surface area contributed by atoms with E-state index in [9.17, 15) is 13.2 Å². The minimum atomic E-state index is -3.43. The van der Waals surface area contributed by atoms with Gasteiger partial charge in [0.05, 0.1) is 18.3 Å². The van der Waals surface area contributed by atoms with E-state index in [1.807, 2.05) is 0 Å². The van der Waals surface area contributed by atoms with Gasteiger partial charge in [0.1, 0.15) is 4.21 Å². The zero-order valence-electron chi connectivity index (χ0n) is 9.34. The predicted octanol–water partition coefficient (Wildman–Crippen LogP) is 1.72. The van der Waals surface area contributed by atoms with Crippen LogP contribution in [0.4, 0.5) is 0 Å². The van der Waals surface area contributed by atoms with Gasteiger partial charge >= 0.3 is 5.97 Å². The quantitative estimate of drug-likeness (QED) is 0.775. The van der Waals surface area contributed by atoms with E-state index in [-0.39, 0.29) is 4.21 Å². The molecule has 1 heterocycles. The lowest BCUT2D eigenvalue weighted by atomic mass is 10.1. The largest absolute Gasteiger partial charge is 0.469 e. The van der Waals surface area contributed by atoms with Crippen molar-refractivity contribution in [3.05, 3.63) is 17.5 Å². The summed E-state index contributed by atoms with van der Waals surface area (Å²) in [7, 11) is -2.18. The van der Waals surface area contributed by atoms with Gasteiger partial charge in [0.2, 0.25) is 0 Å². The molecule has 0 amide bonds. The zero-order valence-corrected chi connectivity index (χ0v) is 11.0. The summed E-state index contributed by atoms with van der Waals surface area (Å²) in [6, 6.07) is 3.22. The molecule has 0 aromatic carbocycles. The molecular formula is C10H14O4S2. The van der Waals surface area contributed by atoms with Crippen LogP contribution in [0.2, 0.25) is 0 Å². The highest BCUT2D eigenvalue weighted by Crippen LogP contribution is 2.25. The number of ether oxygens (including phenoxy) is 1. The minimum Gasteiger partial charge on any atom is -0.469 e. The molecular weight excluding hydrogens is 248 g/mol. The Morgan fingerprint density at radius 2 is 2.06 bits per heavy atom. The highest BCUT2D eigenvalue weighted by molar-refractivity contribution is 7.94. The summed E-state index contributed by atoms with van der Waals surface area (Å²) in [6.45, 7) is 3.08. The van der Waals surface area contributed by atoms with Crippen molar-refractivity contribution in [3.8, 4) is 0 Å². The van der Waals surface area contributed by atoms with Crippen molar-refractivity contribution in [2.24, 2.45) is 5.92 Å². The monoisotopic (exact) mass is 262 g/mol. The molecule has 0 bridgehead atoms. The van der Waals surface area contributed by atoms with Gasteiger partial charge in [-0.15, -0.1) is 11.3 Å². The molecule has 0 spiro atoms. The van der Waals surface area contributed by atoms with Crippen molar-refractivity contribution in [1.82, 2.24) is 0 Å². The average molecular weight is 262 g/mol. The number of carbonyl (C=O) groups is 1. The summed E-state index contributed by atoms with van der Waals surface area (Å²) in [5, 5.41) is 0.918. The normalized spacial score (nSPS) is 15.4. The van der Waals surface area contributed by atoms with Crippen LogP contribution in [0.15, 0.2) is 21.7 Å². The van der Waals surface area contributed by atoms with Crippen LogP contribution >= 0.6 is 11.3 Å². The topological polar surface area (TPSA) is 60.4 Å². The number of thiophene rings is 1. The fraction of sp³-hybridized carbons (Fsp3) is 0.500. The second kappa shape index (κ2) is 4.97. The fourth-order valence-electron chi connectivity index (χ4n) is 1.25. The number of carbonyl (C=O) groups excluding carboxylic acids is 1. The van der Waals surface area contributed by atoms with Crippen LogP contribution in [-0.2, 0) is 19.4 Å². The lowest BCUT2D eigenvalue weighted by Gasteiger charge is -2.17. The van der Waals surface area contributed by atoms with Crippen molar-refractivity contribution in [1.29, 1.82) is 0 Å². The molecule has 0 aliphatic rings. The Balaban J connectivity index is 2.98. The average Bonchev–Trinajstić information content (AvgIpc) is 2.79. The Kier molecular flexibility index (Phi) is 4.09. The maximum atomic E-state index is 12.1. The maximum Gasteiger partial charge on any atom is 0.309 e. The molecule has 2 unspecified atom stereocenters. The van der Waals surface area contributed by atoms with Gasteiger partial charge < -0.3 is 4.74 Å². The summed E-state index contributed by atoms with van der Waals surface area (Å²) in [5.74, 6) is -1.18. The molecule has 0 N–H and O–H groups in total. The molecule has 4 nitrogen and oxygen atoms in total. The molecule has 90 valence electrons. The van der Waals surface area contributed by atoms with Crippen LogP contribution in [0.3, 0.4) is 0 Å². The van der Waals surface area contributed by atoms with E-state index in [2.05, 4.69) is 4.74 Å². The van der Waals surface area contributed by atoms with Crippen LogP contribution < -0.4 is 0 Å². The van der Waals surface area contributed by atoms with E-state index in [0.29, 0.717) is 0 Å². The first-order valence-electron chi connectivity index (χ1n) is 4.76. The Morgan fingerprint density at radius 3 is 2.50 bits per heavy atom. The Hall–Kier alpha value is -0.880. The van der Waals surface area contributed by atoms with Gasteiger partial charge in [0, 0.05) is 0 Å². The first-order valence-corrected chi connectivity index (χ1v) is 7.19. The van der Waals surface area contributed by atoms with Crippen molar-refractivity contribution in [2.75, 3.05) is 7.11 Å². The third kappa shape index (κ3) is 2.44. The molecule has 0 aliphatic carbocycles. The molecule has 1 rings (SSSR count). The fourth-order valence-corrected chi connectivity index (χ4v) is 4.14. The summed E-state index contributed by atoms with van der Waals surface area (Å²) in [6.07, 6.45) is 0. The second-order valence-corrected chi connectivity index (χ2v) is 6.97. The van der Waals surface area contributed by atoms with E-state index < -0.39 is 27.0 Å². The van der Waals surface area contributed by atoms with Gasteiger partial charge in [0.15, 0.2) is 9.84 Å². The Bertz CT molecular complexity index is 447. The number of esters is 1. The summed E-state index contributed by atoms with van der Waals surface area (Å²) >= 11 is 1.15. The second-order valence-electron chi connectivity index (χ2n) is 3.49. The van der Waals surface area contributed by atoms with E-state index in [0.717, 1.165) is 11.3 Å². The molecule has 0 saturated carbocycles. The summed E-state index contributed by atoms with van der Waals surface area (Å²) < 4.78 is 28.9. The van der Waals surface area contributed by atoms with Crippen LogP contribution in [0.25, 0.3) is 0 Å². The lowest BCUT2D eigenvalue weighted by Crippen LogP contribution is -2.31. The molecule has 0 radical (unpaired) electrons. The first-order chi connectivity index (χ1) is 7.41. The van der Waals surface area contributed by atoms with Crippen LogP contribution in [0.5, 0.6) is 0 Å². The Morgan fingerprint density at radius 1 is 1.44 bits per heavy atom. The van der Waals surface area contributed by atoms with Gasteiger partial charge in [0.25, 0.3) is 0 Å². The van der Waals surface area contributed by atoms with Gasteiger partial charge in [-0.25, -0.2) is 8.42 Å². The summed E-state index contributed by atoms with van der Waals surface area (Å²) in [5.41, 5.74) is 0. The van der Waals surface area contributed by atoms with Crippen LogP contribution in [-0.4, -0.2) is 26.7 Å². The van der Waals surface area contributed by atoms with E-state index in [4.69, 9.17) is 0 Å². The number of methoxy groups -OCH3 is 1. The number of hydrogen-bond donors (Lipinski definition) is 0. The van der Waals surface area contributed by atoms with E-state index >= 15 is 0 Å². The Labute approximate surface area is 99.2 Å². The lowest BCUT2D eigenvalue weighted by molar-refractivity contribution is -0.144. The van der Waals surface area contributed by atoms with Gasteiger partial charge in [-0.1, -0.05) is 13.0 Å². The highest BCUT2D eigenvalue weighted by atomic mass is 32.2. The minimum absolute atomic E-state index is 0.288. The van der Waals surface area contributed by atoms with Gasteiger partial charge in [-0.05, 0) is 18.4 Å². The predicted molar refractivity (Wildman–Crippen MR) is 62.1 cm³/mol. The number of hydrogen-bond acceptors (Lipinski definition) is 5. The SMILES string of the molecule is COC(=O)C(C)C(C)S(=O)(=O)c1cccs1. The van der Waals surface area contributed by atoms with Gasteiger partial charge in [-0.3, -0.25) is 4.79 Å². The molecule has 0 fully saturated rings. The molecule has 6 heteroatoms. The smallest absolute Gasteiger partial charge is 0.309 e. The number of sulfone groups is 1. The standard InChI is InChI=1S/C10H14O4S2/c1-7(10(11)14-3)8(2)16(12,13)9-5-4-6-15-9/h4-8H,1-3H3. The molecule has 2 atom stereocenters. The van der Waals surface area contributed by atoms with Crippen LogP contribution in [0, 0.1) is 5.92 Å². The third-order valence-electron chi connectivity index (χ3n) is 2.54. The molecule has 16 heavy (non-hydrogen) atoms.